The molecule has 0 aliphatic carbocycles. The van der Waals surface area contributed by atoms with Crippen LogP contribution in [0.4, 0.5) is 0 Å². The van der Waals surface area contributed by atoms with Gasteiger partial charge in [-0.25, -0.2) is 0 Å². The molecule has 1 aromatic carbocycles. The lowest BCUT2D eigenvalue weighted by atomic mass is 10.1. The van der Waals surface area contributed by atoms with Crippen LogP contribution in [0.25, 0.3) is 0 Å². The van der Waals surface area contributed by atoms with Crippen LogP contribution >= 0.6 is 23.2 Å². The van der Waals surface area contributed by atoms with Crippen LogP contribution in [-0.4, -0.2) is 47.7 Å². The normalized spacial score (nSPS) is 18.0. The van der Waals surface area contributed by atoms with Gasteiger partial charge in [0.05, 0.1) is 29.2 Å². The van der Waals surface area contributed by atoms with E-state index >= 15 is 0 Å². The van der Waals surface area contributed by atoms with Crippen LogP contribution in [0.15, 0.2) is 18.2 Å². The van der Waals surface area contributed by atoms with E-state index in [4.69, 9.17) is 33.0 Å². The third-order valence-electron chi connectivity index (χ3n) is 3.73. The summed E-state index contributed by atoms with van der Waals surface area (Å²) in [5, 5.41) is 9.83. The van der Waals surface area contributed by atoms with E-state index in [1.54, 1.807) is 11.0 Å². The van der Waals surface area contributed by atoms with E-state index in [0.29, 0.717) is 42.6 Å². The standard InChI is InChI=1S/C16H19Cl2NO4/c17-13-5-4-11(8-14(13)18)2-1-3-15(20)19-6-7-23-12(10-19)9-16(21)22/h4-5,8,12H,1-3,6-7,9-10H2,(H,21,22)/t12-/m0/s1. The SMILES string of the molecule is O=C(O)C[C@H]1CN(C(=O)CCCc2ccc(Cl)c(Cl)c2)CCO1. The van der Waals surface area contributed by atoms with Gasteiger partial charge in [0.1, 0.15) is 0 Å². The van der Waals surface area contributed by atoms with Crippen LogP contribution in [-0.2, 0) is 20.7 Å². The van der Waals surface area contributed by atoms with Gasteiger partial charge < -0.3 is 14.7 Å². The summed E-state index contributed by atoms with van der Waals surface area (Å²) < 4.78 is 5.37. The number of benzene rings is 1. The number of ether oxygens (including phenoxy) is 1. The van der Waals surface area contributed by atoms with Crippen molar-refractivity contribution in [1.29, 1.82) is 0 Å². The van der Waals surface area contributed by atoms with Gasteiger partial charge in [0.25, 0.3) is 0 Å². The molecule has 0 spiro atoms. The second-order valence-electron chi connectivity index (χ2n) is 5.53. The van der Waals surface area contributed by atoms with E-state index in [9.17, 15) is 9.59 Å². The minimum absolute atomic E-state index is 0.0312. The molecule has 2 rings (SSSR count). The summed E-state index contributed by atoms with van der Waals surface area (Å²) in [6.07, 6.45) is 1.37. The Kier molecular flexibility index (Phi) is 6.69. The number of nitrogens with zero attached hydrogens (tertiary/aromatic N) is 1. The molecule has 0 bridgehead atoms. The van der Waals surface area contributed by atoms with E-state index in [1.165, 1.54) is 0 Å². The minimum atomic E-state index is -0.913. The van der Waals surface area contributed by atoms with Gasteiger partial charge in [-0.15, -0.1) is 0 Å². The molecule has 0 saturated carbocycles. The number of rotatable bonds is 6. The Labute approximate surface area is 145 Å². The number of carbonyl (C=O) groups is 2. The molecule has 1 atom stereocenters. The van der Waals surface area contributed by atoms with Crippen molar-refractivity contribution in [2.24, 2.45) is 0 Å². The third kappa shape index (κ3) is 5.68. The van der Waals surface area contributed by atoms with Gasteiger partial charge in [-0.1, -0.05) is 29.3 Å². The van der Waals surface area contributed by atoms with Gasteiger partial charge in [-0.05, 0) is 30.5 Å². The molecule has 1 fully saturated rings. The van der Waals surface area contributed by atoms with Crippen LogP contribution in [0, 0.1) is 0 Å². The van der Waals surface area contributed by atoms with E-state index in [-0.39, 0.29) is 12.3 Å². The maximum atomic E-state index is 12.2. The van der Waals surface area contributed by atoms with Gasteiger partial charge in [0, 0.05) is 19.5 Å². The molecule has 0 radical (unpaired) electrons. The summed E-state index contributed by atoms with van der Waals surface area (Å²) in [7, 11) is 0. The predicted octanol–water partition coefficient (Wildman–Crippen LogP) is 3.02. The topological polar surface area (TPSA) is 66.8 Å². The molecule has 7 heteroatoms. The Bertz CT molecular complexity index is 579. The lowest BCUT2D eigenvalue weighted by Crippen LogP contribution is -2.46. The number of halogens is 2. The zero-order valence-electron chi connectivity index (χ0n) is 12.6. The number of morpholine rings is 1. The average Bonchev–Trinajstić information content (AvgIpc) is 2.50. The second-order valence-corrected chi connectivity index (χ2v) is 6.35. The first-order chi connectivity index (χ1) is 11.0. The van der Waals surface area contributed by atoms with Crippen LogP contribution < -0.4 is 0 Å². The number of carbonyl (C=O) groups excluding carboxylic acids is 1. The van der Waals surface area contributed by atoms with Crippen LogP contribution in [0.3, 0.4) is 0 Å². The van der Waals surface area contributed by atoms with E-state index in [2.05, 4.69) is 0 Å². The Morgan fingerprint density at radius 3 is 2.78 bits per heavy atom. The Morgan fingerprint density at radius 2 is 2.09 bits per heavy atom. The fraction of sp³-hybridized carbons (Fsp3) is 0.500. The van der Waals surface area contributed by atoms with E-state index < -0.39 is 12.1 Å². The van der Waals surface area contributed by atoms with Crippen LogP contribution in [0.5, 0.6) is 0 Å². The summed E-state index contributed by atoms with van der Waals surface area (Å²) in [5.74, 6) is -0.882. The van der Waals surface area contributed by atoms with Crippen molar-refractivity contribution in [3.05, 3.63) is 33.8 Å². The molecule has 1 N–H and O–H groups in total. The summed E-state index contributed by atoms with van der Waals surface area (Å²) >= 11 is 11.8. The van der Waals surface area contributed by atoms with Gasteiger partial charge in [0.15, 0.2) is 0 Å². The predicted molar refractivity (Wildman–Crippen MR) is 88.0 cm³/mol. The molecule has 1 saturated heterocycles. The largest absolute Gasteiger partial charge is 0.481 e. The summed E-state index contributed by atoms with van der Waals surface area (Å²) in [6, 6.07) is 5.46. The average molecular weight is 360 g/mol. The number of aryl methyl sites for hydroxylation is 1. The van der Waals surface area contributed by atoms with Crippen molar-refractivity contribution in [2.75, 3.05) is 19.7 Å². The van der Waals surface area contributed by atoms with Crippen LogP contribution in [0.1, 0.15) is 24.8 Å². The molecule has 23 heavy (non-hydrogen) atoms. The molecule has 0 unspecified atom stereocenters. The molecular formula is C16H19Cl2NO4. The lowest BCUT2D eigenvalue weighted by molar-refractivity contribution is -0.147. The fourth-order valence-corrected chi connectivity index (χ4v) is 2.88. The number of hydrogen-bond acceptors (Lipinski definition) is 3. The third-order valence-corrected chi connectivity index (χ3v) is 4.47. The Hall–Kier alpha value is -1.30. The van der Waals surface area contributed by atoms with Gasteiger partial charge in [-0.3, -0.25) is 9.59 Å². The van der Waals surface area contributed by atoms with Crippen molar-refractivity contribution >= 4 is 35.1 Å². The van der Waals surface area contributed by atoms with E-state index in [1.807, 2.05) is 12.1 Å². The first-order valence-corrected chi connectivity index (χ1v) is 8.26. The summed E-state index contributed by atoms with van der Waals surface area (Å²) in [5.41, 5.74) is 1.04. The smallest absolute Gasteiger partial charge is 0.306 e. The Morgan fingerprint density at radius 1 is 1.30 bits per heavy atom. The lowest BCUT2D eigenvalue weighted by Gasteiger charge is -2.32. The molecule has 0 aromatic heterocycles. The van der Waals surface area contributed by atoms with Crippen molar-refractivity contribution in [3.8, 4) is 0 Å². The van der Waals surface area contributed by atoms with Crippen LogP contribution in [0.2, 0.25) is 10.0 Å². The number of hydrogen-bond donors (Lipinski definition) is 1. The quantitative estimate of drug-likeness (QED) is 0.847. The number of aliphatic carboxylic acids is 1. The number of carboxylic acids is 1. The highest BCUT2D eigenvalue weighted by atomic mass is 35.5. The van der Waals surface area contributed by atoms with Crippen molar-refractivity contribution < 1.29 is 19.4 Å². The highest BCUT2D eigenvalue weighted by Crippen LogP contribution is 2.23. The zero-order valence-corrected chi connectivity index (χ0v) is 14.1. The first-order valence-electron chi connectivity index (χ1n) is 7.51. The molecule has 126 valence electrons. The molecule has 1 amide bonds. The highest BCUT2D eigenvalue weighted by molar-refractivity contribution is 6.42. The maximum Gasteiger partial charge on any atom is 0.306 e. The highest BCUT2D eigenvalue weighted by Gasteiger charge is 2.25. The van der Waals surface area contributed by atoms with Crippen molar-refractivity contribution in [1.82, 2.24) is 4.90 Å². The van der Waals surface area contributed by atoms with Crippen molar-refractivity contribution in [3.63, 3.8) is 0 Å². The molecular weight excluding hydrogens is 341 g/mol. The number of amides is 1. The monoisotopic (exact) mass is 359 g/mol. The maximum absolute atomic E-state index is 12.2. The zero-order chi connectivity index (χ0) is 16.8. The molecule has 1 aliphatic rings. The van der Waals surface area contributed by atoms with Gasteiger partial charge >= 0.3 is 5.97 Å². The Balaban J connectivity index is 1.77. The van der Waals surface area contributed by atoms with Gasteiger partial charge in [-0.2, -0.15) is 0 Å². The molecule has 1 heterocycles. The van der Waals surface area contributed by atoms with E-state index in [0.717, 1.165) is 12.0 Å². The fourth-order valence-electron chi connectivity index (χ4n) is 2.56. The summed E-state index contributed by atoms with van der Waals surface area (Å²) in [6.45, 7) is 1.25. The summed E-state index contributed by atoms with van der Waals surface area (Å²) in [4.78, 5) is 24.6. The first kappa shape index (κ1) is 18.0. The minimum Gasteiger partial charge on any atom is -0.481 e. The van der Waals surface area contributed by atoms with Gasteiger partial charge in [0.2, 0.25) is 5.91 Å². The van der Waals surface area contributed by atoms with Crippen molar-refractivity contribution in [2.45, 2.75) is 31.8 Å². The number of carboxylic acid groups (broad SMARTS) is 1. The second kappa shape index (κ2) is 8.52. The molecule has 1 aliphatic heterocycles. The molecule has 1 aromatic rings. The molecule has 5 nitrogen and oxygen atoms in total.